The molecular formula is C16H28N4O. The van der Waals surface area contributed by atoms with Gasteiger partial charge in [-0.15, -0.1) is 0 Å². The average molecular weight is 292 g/mol. The predicted octanol–water partition coefficient (Wildman–Crippen LogP) is 1.72. The molecule has 118 valence electrons. The molecule has 5 heteroatoms. The van der Waals surface area contributed by atoms with Gasteiger partial charge in [0, 0.05) is 33.1 Å². The lowest BCUT2D eigenvalue weighted by Crippen LogP contribution is -2.42. The Bertz CT molecular complexity index is 410. The van der Waals surface area contributed by atoms with Crippen LogP contribution in [0.3, 0.4) is 0 Å². The normalized spacial score (nSPS) is 17.9. The van der Waals surface area contributed by atoms with E-state index in [2.05, 4.69) is 27.4 Å². The van der Waals surface area contributed by atoms with E-state index < -0.39 is 0 Å². The van der Waals surface area contributed by atoms with Gasteiger partial charge in [-0.2, -0.15) is 0 Å². The number of likely N-dealkylation sites (tertiary alicyclic amines) is 1. The third kappa shape index (κ3) is 5.79. The summed E-state index contributed by atoms with van der Waals surface area (Å²) < 4.78 is 5.32. The fourth-order valence-corrected chi connectivity index (χ4v) is 2.72. The predicted molar refractivity (Wildman–Crippen MR) is 86.6 cm³/mol. The topological polar surface area (TPSA) is 52.8 Å². The molecule has 2 heterocycles. The summed E-state index contributed by atoms with van der Waals surface area (Å²) in [7, 11) is 1.81. The summed E-state index contributed by atoms with van der Waals surface area (Å²) in [5, 5.41) is 6.73. The maximum atomic E-state index is 5.32. The van der Waals surface area contributed by atoms with Gasteiger partial charge in [-0.05, 0) is 44.0 Å². The lowest BCUT2D eigenvalue weighted by atomic mass is 10.1. The first-order valence-corrected chi connectivity index (χ1v) is 7.97. The summed E-state index contributed by atoms with van der Waals surface area (Å²) in [6, 6.07) is 3.92. The van der Waals surface area contributed by atoms with E-state index in [1.54, 1.807) is 6.26 Å². The van der Waals surface area contributed by atoms with E-state index in [0.29, 0.717) is 5.92 Å². The van der Waals surface area contributed by atoms with Crippen LogP contribution in [0.5, 0.6) is 0 Å². The Kier molecular flexibility index (Phi) is 6.60. The fraction of sp³-hybridized carbons (Fsp3) is 0.688. The monoisotopic (exact) mass is 292 g/mol. The number of guanidine groups is 1. The molecule has 1 fully saturated rings. The molecule has 21 heavy (non-hydrogen) atoms. The Morgan fingerprint density at radius 1 is 1.38 bits per heavy atom. The molecule has 1 aromatic rings. The Balaban J connectivity index is 1.60. The Morgan fingerprint density at radius 3 is 2.86 bits per heavy atom. The second kappa shape index (κ2) is 8.72. The zero-order chi connectivity index (χ0) is 14.9. The average Bonchev–Trinajstić information content (AvgIpc) is 3.16. The van der Waals surface area contributed by atoms with Gasteiger partial charge in [-0.1, -0.05) is 6.92 Å². The maximum Gasteiger partial charge on any atom is 0.191 e. The number of aliphatic imine (C=N–C) groups is 1. The minimum absolute atomic E-state index is 0.631. The van der Waals surface area contributed by atoms with Crippen molar-refractivity contribution in [3.8, 4) is 0 Å². The third-order valence-corrected chi connectivity index (χ3v) is 3.85. The molecule has 1 aliphatic heterocycles. The highest BCUT2D eigenvalue weighted by Crippen LogP contribution is 2.09. The van der Waals surface area contributed by atoms with E-state index >= 15 is 0 Å². The van der Waals surface area contributed by atoms with Crippen molar-refractivity contribution in [3.05, 3.63) is 24.2 Å². The number of nitrogens with one attached hydrogen (secondary N) is 2. The van der Waals surface area contributed by atoms with Crippen LogP contribution in [0.2, 0.25) is 0 Å². The largest absolute Gasteiger partial charge is 0.469 e. The number of furan rings is 1. The van der Waals surface area contributed by atoms with E-state index in [1.807, 2.05) is 19.2 Å². The van der Waals surface area contributed by atoms with Crippen molar-refractivity contribution in [1.82, 2.24) is 15.5 Å². The number of hydrogen-bond acceptors (Lipinski definition) is 3. The number of rotatable bonds is 7. The van der Waals surface area contributed by atoms with Gasteiger partial charge in [0.1, 0.15) is 5.76 Å². The highest BCUT2D eigenvalue weighted by Gasteiger charge is 2.14. The second-order valence-corrected chi connectivity index (χ2v) is 5.82. The molecule has 0 amide bonds. The molecule has 0 aromatic carbocycles. The lowest BCUT2D eigenvalue weighted by Gasteiger charge is -2.21. The molecule has 0 spiro atoms. The van der Waals surface area contributed by atoms with Crippen molar-refractivity contribution < 1.29 is 4.42 Å². The Hall–Kier alpha value is -1.49. The molecule has 1 atom stereocenters. The van der Waals surface area contributed by atoms with Crippen LogP contribution in [0.4, 0.5) is 0 Å². The molecule has 1 aromatic heterocycles. The smallest absolute Gasteiger partial charge is 0.191 e. The molecule has 2 N–H and O–H groups in total. The van der Waals surface area contributed by atoms with E-state index in [-0.39, 0.29) is 0 Å². The molecule has 0 bridgehead atoms. The van der Waals surface area contributed by atoms with Gasteiger partial charge in [0.15, 0.2) is 5.96 Å². The van der Waals surface area contributed by atoms with E-state index in [9.17, 15) is 0 Å². The minimum Gasteiger partial charge on any atom is -0.469 e. The number of nitrogens with zero attached hydrogens (tertiary/aromatic N) is 2. The van der Waals surface area contributed by atoms with Crippen molar-refractivity contribution in [2.45, 2.75) is 26.2 Å². The first kappa shape index (κ1) is 15.9. The highest BCUT2D eigenvalue weighted by atomic mass is 16.3. The molecule has 0 saturated carbocycles. The van der Waals surface area contributed by atoms with Crippen LogP contribution in [-0.4, -0.2) is 50.6 Å². The molecular weight excluding hydrogens is 264 g/mol. The second-order valence-electron chi connectivity index (χ2n) is 5.82. The van der Waals surface area contributed by atoms with Gasteiger partial charge in [0.05, 0.1) is 6.26 Å². The summed E-state index contributed by atoms with van der Waals surface area (Å²) in [5.74, 6) is 2.50. The molecule has 0 aliphatic carbocycles. The van der Waals surface area contributed by atoms with Gasteiger partial charge in [-0.3, -0.25) is 4.99 Å². The van der Waals surface area contributed by atoms with E-state index in [0.717, 1.165) is 31.2 Å². The van der Waals surface area contributed by atoms with Crippen molar-refractivity contribution in [1.29, 1.82) is 0 Å². The summed E-state index contributed by atoms with van der Waals surface area (Å²) in [4.78, 5) is 6.82. The van der Waals surface area contributed by atoms with Gasteiger partial charge in [0.2, 0.25) is 0 Å². The minimum atomic E-state index is 0.631. The third-order valence-electron chi connectivity index (χ3n) is 3.85. The Labute approximate surface area is 127 Å². The zero-order valence-corrected chi connectivity index (χ0v) is 13.3. The van der Waals surface area contributed by atoms with Gasteiger partial charge in [0.25, 0.3) is 0 Å². The maximum absolute atomic E-state index is 5.32. The Morgan fingerprint density at radius 2 is 2.19 bits per heavy atom. The van der Waals surface area contributed by atoms with Crippen molar-refractivity contribution in [2.24, 2.45) is 10.9 Å². The number of hydrogen-bond donors (Lipinski definition) is 2. The molecule has 2 rings (SSSR count). The zero-order valence-electron chi connectivity index (χ0n) is 13.3. The quantitative estimate of drug-likeness (QED) is 0.593. The molecule has 1 saturated heterocycles. The molecule has 1 aliphatic rings. The van der Waals surface area contributed by atoms with E-state index in [1.165, 1.54) is 32.5 Å². The van der Waals surface area contributed by atoms with Crippen LogP contribution in [0.1, 0.15) is 25.5 Å². The highest BCUT2D eigenvalue weighted by molar-refractivity contribution is 5.79. The SMILES string of the molecule is CN=C(NCCc1ccco1)NCC(C)CN1CCCC1. The van der Waals surface area contributed by atoms with Gasteiger partial charge in [-0.25, -0.2) is 0 Å². The van der Waals surface area contributed by atoms with Gasteiger partial charge < -0.3 is 20.0 Å². The molecule has 5 nitrogen and oxygen atoms in total. The van der Waals surface area contributed by atoms with Crippen LogP contribution in [0.15, 0.2) is 27.8 Å². The van der Waals surface area contributed by atoms with Crippen LogP contribution in [0.25, 0.3) is 0 Å². The summed E-state index contributed by atoms with van der Waals surface area (Å²) in [5.41, 5.74) is 0. The van der Waals surface area contributed by atoms with Gasteiger partial charge >= 0.3 is 0 Å². The first-order chi connectivity index (χ1) is 10.3. The van der Waals surface area contributed by atoms with E-state index in [4.69, 9.17) is 4.42 Å². The molecule has 1 unspecified atom stereocenters. The van der Waals surface area contributed by atoms with Crippen molar-refractivity contribution in [2.75, 3.05) is 39.8 Å². The van der Waals surface area contributed by atoms with Crippen LogP contribution in [-0.2, 0) is 6.42 Å². The summed E-state index contributed by atoms with van der Waals surface area (Å²) in [6.07, 6.45) is 5.30. The van der Waals surface area contributed by atoms with Crippen LogP contribution < -0.4 is 10.6 Å². The van der Waals surface area contributed by atoms with Crippen molar-refractivity contribution >= 4 is 5.96 Å². The molecule has 0 radical (unpaired) electrons. The van der Waals surface area contributed by atoms with Crippen LogP contribution >= 0.6 is 0 Å². The first-order valence-electron chi connectivity index (χ1n) is 7.97. The van der Waals surface area contributed by atoms with Crippen LogP contribution in [0, 0.1) is 5.92 Å². The lowest BCUT2D eigenvalue weighted by molar-refractivity contribution is 0.287. The van der Waals surface area contributed by atoms with Crippen molar-refractivity contribution in [3.63, 3.8) is 0 Å². The summed E-state index contributed by atoms with van der Waals surface area (Å²) in [6.45, 7) is 7.78. The summed E-state index contributed by atoms with van der Waals surface area (Å²) >= 11 is 0. The fourth-order valence-electron chi connectivity index (χ4n) is 2.72. The standard InChI is InChI=1S/C16H28N4O/c1-14(13-20-9-3-4-10-20)12-19-16(17-2)18-8-7-15-6-5-11-21-15/h5-6,11,14H,3-4,7-10,12-13H2,1-2H3,(H2,17,18,19).